The summed E-state index contributed by atoms with van der Waals surface area (Å²) in [5.41, 5.74) is 3.29. The van der Waals surface area contributed by atoms with E-state index in [0.717, 1.165) is 32.1 Å². The van der Waals surface area contributed by atoms with E-state index >= 15 is 0 Å². The molecule has 0 aliphatic rings. The van der Waals surface area contributed by atoms with Gasteiger partial charge in [0.1, 0.15) is 10.8 Å². The largest absolute Gasteiger partial charge is 0.497 e. The first-order chi connectivity index (χ1) is 10.2. The molecule has 1 heterocycles. The summed E-state index contributed by atoms with van der Waals surface area (Å²) in [4.78, 5) is 6.02. The zero-order valence-corrected chi connectivity index (χ0v) is 14.2. The molecule has 3 rings (SSSR count). The second-order valence-corrected chi connectivity index (χ2v) is 6.78. The summed E-state index contributed by atoms with van der Waals surface area (Å²) in [6.45, 7) is 2.11. The van der Waals surface area contributed by atoms with Gasteiger partial charge in [-0.25, -0.2) is 4.98 Å². The van der Waals surface area contributed by atoms with Crippen molar-refractivity contribution in [2.24, 2.45) is 0 Å². The lowest BCUT2D eigenvalue weighted by molar-refractivity contribution is 0.415. The third-order valence-electron chi connectivity index (χ3n) is 3.23. The normalized spacial score (nSPS) is 10.6. The lowest BCUT2D eigenvalue weighted by atomic mass is 10.1. The van der Waals surface area contributed by atoms with Crippen LogP contribution in [0.2, 0.25) is 0 Å². The summed E-state index contributed by atoms with van der Waals surface area (Å²) in [5, 5.41) is 1.04. The summed E-state index contributed by atoms with van der Waals surface area (Å²) < 4.78 is 6.27. The maximum atomic E-state index is 5.20. The molecule has 0 N–H and O–H groups in total. The van der Waals surface area contributed by atoms with Crippen LogP contribution in [0.5, 0.6) is 5.75 Å². The monoisotopic (exact) mass is 359 g/mol. The molecule has 0 aliphatic heterocycles. The minimum atomic E-state index is 0.860. The number of aromatic nitrogens is 1. The van der Waals surface area contributed by atoms with Crippen LogP contribution in [0.3, 0.4) is 0 Å². The van der Waals surface area contributed by atoms with Gasteiger partial charge in [0.2, 0.25) is 0 Å². The van der Waals surface area contributed by atoms with Crippen molar-refractivity contribution in [3.8, 4) is 27.6 Å². The highest BCUT2D eigenvalue weighted by molar-refractivity contribution is 9.10. The van der Waals surface area contributed by atoms with Crippen LogP contribution in [0, 0.1) is 6.92 Å². The first-order valence-electron chi connectivity index (χ1n) is 6.55. The minimum Gasteiger partial charge on any atom is -0.497 e. The minimum absolute atomic E-state index is 0.860. The van der Waals surface area contributed by atoms with Crippen molar-refractivity contribution in [1.82, 2.24) is 4.98 Å². The molecule has 0 saturated heterocycles. The van der Waals surface area contributed by atoms with Crippen LogP contribution < -0.4 is 4.74 Å². The van der Waals surface area contributed by atoms with Crippen LogP contribution in [0.15, 0.2) is 53.0 Å². The number of thiazole rings is 1. The summed E-state index contributed by atoms with van der Waals surface area (Å²) in [7, 11) is 1.68. The summed E-state index contributed by atoms with van der Waals surface area (Å²) in [6.07, 6.45) is 0. The average Bonchev–Trinajstić information content (AvgIpc) is 2.89. The van der Waals surface area contributed by atoms with Crippen molar-refractivity contribution < 1.29 is 4.74 Å². The number of hydrogen-bond acceptors (Lipinski definition) is 3. The lowest BCUT2D eigenvalue weighted by Gasteiger charge is -2.01. The van der Waals surface area contributed by atoms with E-state index in [2.05, 4.69) is 35.0 Å². The number of rotatable bonds is 3. The van der Waals surface area contributed by atoms with E-state index in [1.165, 1.54) is 4.88 Å². The SMILES string of the molecule is COc1ccc(-c2nc(-c3cccc(Br)c3)sc2C)cc1. The first kappa shape index (κ1) is 14.3. The Morgan fingerprint density at radius 2 is 1.81 bits per heavy atom. The van der Waals surface area contributed by atoms with Gasteiger partial charge in [0, 0.05) is 20.5 Å². The second-order valence-electron chi connectivity index (χ2n) is 4.66. The molecule has 1 aromatic heterocycles. The molecule has 106 valence electrons. The number of benzene rings is 2. The number of nitrogens with zero attached hydrogens (tertiary/aromatic N) is 1. The van der Waals surface area contributed by atoms with Crippen molar-refractivity contribution in [1.29, 1.82) is 0 Å². The van der Waals surface area contributed by atoms with Crippen LogP contribution in [0.4, 0.5) is 0 Å². The van der Waals surface area contributed by atoms with Gasteiger partial charge in [-0.2, -0.15) is 0 Å². The van der Waals surface area contributed by atoms with E-state index in [1.54, 1.807) is 18.4 Å². The molecule has 4 heteroatoms. The number of ether oxygens (including phenoxy) is 1. The molecule has 0 fully saturated rings. The van der Waals surface area contributed by atoms with Crippen molar-refractivity contribution >= 4 is 27.3 Å². The molecule has 21 heavy (non-hydrogen) atoms. The molecular formula is C17H14BrNOS. The Hall–Kier alpha value is -1.65. The quantitative estimate of drug-likeness (QED) is 0.610. The highest BCUT2D eigenvalue weighted by atomic mass is 79.9. The predicted octanol–water partition coefficient (Wildman–Crippen LogP) is 5.56. The van der Waals surface area contributed by atoms with Gasteiger partial charge in [0.15, 0.2) is 0 Å². The van der Waals surface area contributed by atoms with Crippen LogP contribution >= 0.6 is 27.3 Å². The van der Waals surface area contributed by atoms with Crippen LogP contribution in [0.25, 0.3) is 21.8 Å². The third kappa shape index (κ3) is 3.01. The maximum Gasteiger partial charge on any atom is 0.124 e. The fourth-order valence-corrected chi connectivity index (χ4v) is 3.49. The Balaban J connectivity index is 2.01. The number of methoxy groups -OCH3 is 1. The van der Waals surface area contributed by atoms with Gasteiger partial charge in [0.25, 0.3) is 0 Å². The smallest absolute Gasteiger partial charge is 0.124 e. The van der Waals surface area contributed by atoms with Crippen molar-refractivity contribution in [3.63, 3.8) is 0 Å². The molecule has 0 unspecified atom stereocenters. The maximum absolute atomic E-state index is 5.20. The molecule has 2 aromatic carbocycles. The van der Waals surface area contributed by atoms with Crippen LogP contribution in [-0.4, -0.2) is 12.1 Å². The van der Waals surface area contributed by atoms with Gasteiger partial charge in [-0.15, -0.1) is 11.3 Å². The van der Waals surface area contributed by atoms with Crippen LogP contribution in [0.1, 0.15) is 4.88 Å². The van der Waals surface area contributed by atoms with E-state index < -0.39 is 0 Å². The van der Waals surface area contributed by atoms with Crippen molar-refractivity contribution in [2.75, 3.05) is 7.11 Å². The average molecular weight is 360 g/mol. The zero-order valence-electron chi connectivity index (χ0n) is 11.8. The molecule has 0 radical (unpaired) electrons. The van der Waals surface area contributed by atoms with Gasteiger partial charge < -0.3 is 4.74 Å². The molecule has 0 saturated carbocycles. The van der Waals surface area contributed by atoms with E-state index in [1.807, 2.05) is 36.4 Å². The molecule has 0 amide bonds. The summed E-state index contributed by atoms with van der Waals surface area (Å²) in [6, 6.07) is 16.3. The topological polar surface area (TPSA) is 22.1 Å². The highest BCUT2D eigenvalue weighted by Gasteiger charge is 2.11. The Kier molecular flexibility index (Phi) is 4.08. The van der Waals surface area contributed by atoms with Gasteiger partial charge in [0.05, 0.1) is 12.8 Å². The van der Waals surface area contributed by atoms with Gasteiger partial charge in [-0.05, 0) is 43.3 Å². The molecule has 3 aromatic rings. The fraction of sp³-hybridized carbons (Fsp3) is 0.118. The Morgan fingerprint density at radius 1 is 1.05 bits per heavy atom. The molecule has 0 atom stereocenters. The van der Waals surface area contributed by atoms with Gasteiger partial charge in [-0.1, -0.05) is 28.1 Å². The van der Waals surface area contributed by atoms with Crippen molar-refractivity contribution in [2.45, 2.75) is 6.92 Å². The molecular weight excluding hydrogens is 346 g/mol. The Morgan fingerprint density at radius 3 is 2.48 bits per heavy atom. The van der Waals surface area contributed by atoms with Crippen LogP contribution in [-0.2, 0) is 0 Å². The highest BCUT2D eigenvalue weighted by Crippen LogP contribution is 2.34. The van der Waals surface area contributed by atoms with E-state index in [0.29, 0.717) is 0 Å². The van der Waals surface area contributed by atoms with E-state index in [9.17, 15) is 0 Å². The molecule has 2 nitrogen and oxygen atoms in total. The number of halogens is 1. The summed E-state index contributed by atoms with van der Waals surface area (Å²) >= 11 is 5.23. The van der Waals surface area contributed by atoms with Gasteiger partial charge in [-0.3, -0.25) is 0 Å². The number of aryl methyl sites for hydroxylation is 1. The van der Waals surface area contributed by atoms with E-state index in [4.69, 9.17) is 9.72 Å². The standard InChI is InChI=1S/C17H14BrNOS/c1-11-16(12-6-8-15(20-2)9-7-12)19-17(21-11)13-4-3-5-14(18)10-13/h3-10H,1-2H3. The van der Waals surface area contributed by atoms with Crippen molar-refractivity contribution in [3.05, 3.63) is 57.9 Å². The lowest BCUT2D eigenvalue weighted by Crippen LogP contribution is -1.84. The molecule has 0 spiro atoms. The fourth-order valence-electron chi connectivity index (χ4n) is 2.16. The summed E-state index contributed by atoms with van der Waals surface area (Å²) in [5.74, 6) is 0.860. The zero-order chi connectivity index (χ0) is 14.8. The van der Waals surface area contributed by atoms with Gasteiger partial charge >= 0.3 is 0 Å². The Labute approximate surface area is 136 Å². The van der Waals surface area contributed by atoms with E-state index in [-0.39, 0.29) is 0 Å². The Bertz CT molecular complexity index is 765. The number of hydrogen-bond donors (Lipinski definition) is 0. The molecule has 0 bridgehead atoms. The third-order valence-corrected chi connectivity index (χ3v) is 4.74. The predicted molar refractivity (Wildman–Crippen MR) is 92.0 cm³/mol. The first-order valence-corrected chi connectivity index (χ1v) is 8.16. The second kappa shape index (κ2) is 6.00. The molecule has 0 aliphatic carbocycles.